The summed E-state index contributed by atoms with van der Waals surface area (Å²) < 4.78 is 0. The Hall–Kier alpha value is -2.21. The van der Waals surface area contributed by atoms with Gasteiger partial charge < -0.3 is 10.2 Å². The number of carbonyl (C=O) groups excluding carboxylic acids is 2. The lowest BCUT2D eigenvalue weighted by atomic mass is 9.95. The summed E-state index contributed by atoms with van der Waals surface area (Å²) in [7, 11) is 0. The number of likely N-dealkylation sites (tertiary alicyclic amines) is 1. The Morgan fingerprint density at radius 2 is 1.91 bits per heavy atom. The molecule has 1 aliphatic heterocycles. The number of carbonyl (C=O) groups is 2. The van der Waals surface area contributed by atoms with Crippen LogP contribution in [0.15, 0.2) is 42.0 Å². The summed E-state index contributed by atoms with van der Waals surface area (Å²) >= 11 is 1.46. The highest BCUT2D eigenvalue weighted by molar-refractivity contribution is 7.12. The van der Waals surface area contributed by atoms with Crippen molar-refractivity contribution in [1.82, 2.24) is 9.88 Å². The predicted molar refractivity (Wildman–Crippen MR) is 85.8 cm³/mol. The Morgan fingerprint density at radius 3 is 2.55 bits per heavy atom. The van der Waals surface area contributed by atoms with Crippen molar-refractivity contribution in [3.63, 3.8) is 0 Å². The van der Waals surface area contributed by atoms with Crippen LogP contribution >= 0.6 is 11.3 Å². The molecule has 0 radical (unpaired) electrons. The van der Waals surface area contributed by atoms with Gasteiger partial charge in [-0.15, -0.1) is 11.3 Å². The first kappa shape index (κ1) is 14.7. The van der Waals surface area contributed by atoms with Crippen molar-refractivity contribution in [1.29, 1.82) is 0 Å². The van der Waals surface area contributed by atoms with Gasteiger partial charge >= 0.3 is 0 Å². The summed E-state index contributed by atoms with van der Waals surface area (Å²) in [6, 6.07) is 7.27. The minimum absolute atomic E-state index is 0.0226. The molecule has 6 heteroatoms. The SMILES string of the molecule is O=C(Nc1ccncc1)C1CCN(C(=O)c2cccs2)CC1. The quantitative estimate of drug-likeness (QED) is 0.947. The van der Waals surface area contributed by atoms with Crippen LogP contribution in [-0.2, 0) is 4.79 Å². The lowest BCUT2D eigenvalue weighted by Crippen LogP contribution is -2.41. The molecule has 114 valence electrons. The molecule has 1 saturated heterocycles. The van der Waals surface area contributed by atoms with E-state index in [1.807, 2.05) is 22.4 Å². The smallest absolute Gasteiger partial charge is 0.263 e. The van der Waals surface area contributed by atoms with Gasteiger partial charge in [-0.1, -0.05) is 6.07 Å². The lowest BCUT2D eigenvalue weighted by Gasteiger charge is -2.31. The molecule has 22 heavy (non-hydrogen) atoms. The van der Waals surface area contributed by atoms with Gasteiger partial charge in [0.1, 0.15) is 0 Å². The van der Waals surface area contributed by atoms with Crippen LogP contribution < -0.4 is 5.32 Å². The maximum absolute atomic E-state index is 12.3. The minimum atomic E-state index is -0.0412. The molecule has 0 spiro atoms. The Balaban J connectivity index is 1.53. The number of thiophene rings is 1. The van der Waals surface area contributed by atoms with Gasteiger partial charge in [0.25, 0.3) is 5.91 Å². The van der Waals surface area contributed by atoms with Crippen LogP contribution in [0.1, 0.15) is 22.5 Å². The number of pyridine rings is 1. The van der Waals surface area contributed by atoms with Gasteiger partial charge in [0.15, 0.2) is 0 Å². The van der Waals surface area contributed by atoms with Gasteiger partial charge in [0, 0.05) is 37.1 Å². The molecule has 5 nitrogen and oxygen atoms in total. The maximum Gasteiger partial charge on any atom is 0.263 e. The Morgan fingerprint density at radius 1 is 1.18 bits per heavy atom. The molecular formula is C16H17N3O2S. The zero-order chi connectivity index (χ0) is 15.4. The number of amides is 2. The monoisotopic (exact) mass is 315 g/mol. The van der Waals surface area contributed by atoms with Crippen LogP contribution in [0.4, 0.5) is 5.69 Å². The second kappa shape index (κ2) is 6.70. The lowest BCUT2D eigenvalue weighted by molar-refractivity contribution is -0.121. The van der Waals surface area contributed by atoms with Gasteiger partial charge in [-0.2, -0.15) is 0 Å². The van der Waals surface area contributed by atoms with Gasteiger partial charge in [-0.3, -0.25) is 14.6 Å². The summed E-state index contributed by atoms with van der Waals surface area (Å²) in [5.41, 5.74) is 0.761. The molecule has 1 aliphatic rings. The molecule has 2 amide bonds. The molecule has 0 bridgehead atoms. The van der Waals surface area contributed by atoms with Crippen LogP contribution in [0.2, 0.25) is 0 Å². The number of nitrogens with one attached hydrogen (secondary N) is 1. The maximum atomic E-state index is 12.3. The zero-order valence-electron chi connectivity index (χ0n) is 12.1. The van der Waals surface area contributed by atoms with E-state index >= 15 is 0 Å². The van der Waals surface area contributed by atoms with Gasteiger partial charge in [0.2, 0.25) is 5.91 Å². The molecule has 0 saturated carbocycles. The zero-order valence-corrected chi connectivity index (χ0v) is 12.9. The summed E-state index contributed by atoms with van der Waals surface area (Å²) in [5, 5.41) is 4.81. The minimum Gasteiger partial charge on any atom is -0.338 e. The fourth-order valence-electron chi connectivity index (χ4n) is 2.58. The average Bonchev–Trinajstić information content (AvgIpc) is 3.10. The number of rotatable bonds is 3. The molecule has 1 fully saturated rings. The highest BCUT2D eigenvalue weighted by atomic mass is 32.1. The van der Waals surface area contributed by atoms with E-state index in [0.29, 0.717) is 25.9 Å². The Labute approximate surface area is 133 Å². The van der Waals surface area contributed by atoms with Crippen LogP contribution in [-0.4, -0.2) is 34.8 Å². The second-order valence-electron chi connectivity index (χ2n) is 5.27. The molecule has 3 heterocycles. The van der Waals surface area contributed by atoms with Crippen LogP contribution in [0.3, 0.4) is 0 Å². The summed E-state index contributed by atoms with van der Waals surface area (Å²) in [4.78, 5) is 31.0. The van der Waals surface area contributed by atoms with E-state index in [1.165, 1.54) is 11.3 Å². The summed E-state index contributed by atoms with van der Waals surface area (Å²) in [6.45, 7) is 1.26. The fourth-order valence-corrected chi connectivity index (χ4v) is 3.27. The van der Waals surface area contributed by atoms with Gasteiger partial charge in [-0.25, -0.2) is 0 Å². The number of hydrogen-bond donors (Lipinski definition) is 1. The third kappa shape index (κ3) is 3.33. The molecule has 3 rings (SSSR count). The second-order valence-corrected chi connectivity index (χ2v) is 6.22. The predicted octanol–water partition coefficient (Wildman–Crippen LogP) is 2.63. The van der Waals surface area contributed by atoms with Crippen molar-refractivity contribution < 1.29 is 9.59 Å². The Kier molecular flexibility index (Phi) is 4.48. The van der Waals surface area contributed by atoms with E-state index < -0.39 is 0 Å². The molecule has 0 aromatic carbocycles. The molecule has 0 unspecified atom stereocenters. The van der Waals surface area contributed by atoms with Crippen LogP contribution in [0.5, 0.6) is 0 Å². The molecule has 1 N–H and O–H groups in total. The average molecular weight is 315 g/mol. The van der Waals surface area contributed by atoms with Gasteiger partial charge in [0.05, 0.1) is 4.88 Å². The molecule has 0 aliphatic carbocycles. The summed E-state index contributed by atoms with van der Waals surface area (Å²) in [5.74, 6) is 0.0537. The van der Waals surface area contributed by atoms with Crippen molar-refractivity contribution in [3.8, 4) is 0 Å². The third-order valence-corrected chi connectivity index (χ3v) is 4.69. The van der Waals surface area contributed by atoms with Crippen LogP contribution in [0, 0.1) is 5.92 Å². The fraction of sp³-hybridized carbons (Fsp3) is 0.312. The van der Waals surface area contributed by atoms with E-state index in [1.54, 1.807) is 24.5 Å². The molecular weight excluding hydrogens is 298 g/mol. The van der Waals surface area contributed by atoms with Crippen molar-refractivity contribution >= 4 is 28.8 Å². The molecule has 0 atom stereocenters. The normalized spacial score (nSPS) is 15.5. The van der Waals surface area contributed by atoms with E-state index in [-0.39, 0.29) is 17.7 Å². The van der Waals surface area contributed by atoms with Crippen molar-refractivity contribution in [3.05, 3.63) is 46.9 Å². The third-order valence-electron chi connectivity index (χ3n) is 3.83. The van der Waals surface area contributed by atoms with Crippen molar-refractivity contribution in [2.75, 3.05) is 18.4 Å². The number of aromatic nitrogens is 1. The molecule has 2 aromatic rings. The highest BCUT2D eigenvalue weighted by Crippen LogP contribution is 2.22. The van der Waals surface area contributed by atoms with Gasteiger partial charge in [-0.05, 0) is 36.4 Å². The first-order chi connectivity index (χ1) is 10.7. The number of nitrogens with zero attached hydrogens (tertiary/aromatic N) is 2. The number of anilines is 1. The van der Waals surface area contributed by atoms with Crippen LogP contribution in [0.25, 0.3) is 0 Å². The number of hydrogen-bond acceptors (Lipinski definition) is 4. The van der Waals surface area contributed by atoms with E-state index in [0.717, 1.165) is 10.6 Å². The topological polar surface area (TPSA) is 62.3 Å². The summed E-state index contributed by atoms with van der Waals surface area (Å²) in [6.07, 6.45) is 4.71. The Bertz CT molecular complexity index is 635. The van der Waals surface area contributed by atoms with E-state index in [2.05, 4.69) is 10.3 Å². The van der Waals surface area contributed by atoms with Crippen molar-refractivity contribution in [2.45, 2.75) is 12.8 Å². The largest absolute Gasteiger partial charge is 0.338 e. The highest BCUT2D eigenvalue weighted by Gasteiger charge is 2.28. The van der Waals surface area contributed by atoms with Crippen molar-refractivity contribution in [2.24, 2.45) is 5.92 Å². The molecule has 2 aromatic heterocycles. The van der Waals surface area contributed by atoms with E-state index in [4.69, 9.17) is 0 Å². The van der Waals surface area contributed by atoms with E-state index in [9.17, 15) is 9.59 Å². The number of piperidine rings is 1. The standard InChI is InChI=1S/C16H17N3O2S/c20-15(18-13-3-7-17-8-4-13)12-5-9-19(10-6-12)16(21)14-2-1-11-22-14/h1-4,7-8,11-12H,5-6,9-10H2,(H,17,18,20). The first-order valence-electron chi connectivity index (χ1n) is 7.28. The first-order valence-corrected chi connectivity index (χ1v) is 8.15.